The van der Waals surface area contributed by atoms with Gasteiger partial charge in [-0.25, -0.2) is 13.1 Å². The minimum atomic E-state index is -3.63. The molecular weight excluding hydrogens is 256 g/mol. The Bertz CT molecular complexity index is 558. The van der Waals surface area contributed by atoms with Crippen LogP contribution < -0.4 is 4.72 Å². The number of carbonyl (C=O) groups is 1. The Balaban J connectivity index is 2.21. The zero-order chi connectivity index (χ0) is 13.5. The molecule has 7 nitrogen and oxygen atoms in total. The van der Waals surface area contributed by atoms with Crippen LogP contribution in [0.4, 0.5) is 0 Å². The van der Waals surface area contributed by atoms with E-state index in [0.717, 1.165) is 0 Å². The number of likely N-dealkylation sites (tertiary alicyclic amines) is 1. The Morgan fingerprint density at radius 2 is 2.11 bits per heavy atom. The number of hydrogen-bond acceptors (Lipinski definition) is 4. The summed E-state index contributed by atoms with van der Waals surface area (Å²) in [5.41, 5.74) is 0.926. The average molecular weight is 272 g/mol. The summed E-state index contributed by atoms with van der Waals surface area (Å²) in [7, 11) is -1.97. The van der Waals surface area contributed by atoms with Crippen LogP contribution in [0.15, 0.2) is 4.90 Å². The van der Waals surface area contributed by atoms with Crippen molar-refractivity contribution in [3.8, 4) is 0 Å². The zero-order valence-electron chi connectivity index (χ0n) is 10.5. The number of likely N-dealkylation sites (N-methyl/N-ethyl adjacent to an activating group) is 1. The zero-order valence-corrected chi connectivity index (χ0v) is 11.3. The van der Waals surface area contributed by atoms with Crippen LogP contribution in [0.1, 0.15) is 17.8 Å². The van der Waals surface area contributed by atoms with Crippen molar-refractivity contribution in [3.63, 3.8) is 0 Å². The van der Waals surface area contributed by atoms with E-state index in [2.05, 4.69) is 14.9 Å². The number of carbonyl (C=O) groups excluding carboxylic acids is 1. The van der Waals surface area contributed by atoms with Gasteiger partial charge in [0.25, 0.3) is 0 Å². The highest BCUT2D eigenvalue weighted by Crippen LogP contribution is 2.18. The molecule has 8 heteroatoms. The van der Waals surface area contributed by atoms with Crippen molar-refractivity contribution in [2.45, 2.75) is 31.2 Å². The first kappa shape index (κ1) is 13.0. The summed E-state index contributed by atoms with van der Waals surface area (Å²) >= 11 is 0. The number of aryl methyl sites for hydroxylation is 2. The van der Waals surface area contributed by atoms with Gasteiger partial charge in [0.2, 0.25) is 15.9 Å². The summed E-state index contributed by atoms with van der Waals surface area (Å²) in [4.78, 5) is 13.1. The van der Waals surface area contributed by atoms with E-state index >= 15 is 0 Å². The normalized spacial score (nSPS) is 20.7. The molecule has 0 spiro atoms. The molecule has 1 unspecified atom stereocenters. The molecule has 1 fully saturated rings. The second-order valence-electron chi connectivity index (χ2n) is 4.56. The molecule has 0 radical (unpaired) electrons. The molecule has 0 aromatic carbocycles. The third-order valence-corrected chi connectivity index (χ3v) is 4.77. The largest absolute Gasteiger partial charge is 0.344 e. The summed E-state index contributed by atoms with van der Waals surface area (Å²) < 4.78 is 27.0. The van der Waals surface area contributed by atoms with Gasteiger partial charge in [-0.05, 0) is 13.8 Å². The van der Waals surface area contributed by atoms with Crippen molar-refractivity contribution in [2.24, 2.45) is 0 Å². The minimum absolute atomic E-state index is 0.0525. The van der Waals surface area contributed by atoms with Crippen molar-refractivity contribution < 1.29 is 13.2 Å². The molecule has 1 aliphatic heterocycles. The maximum atomic E-state index is 12.2. The number of amides is 1. The Hall–Kier alpha value is -1.41. The summed E-state index contributed by atoms with van der Waals surface area (Å²) in [6, 6.07) is -0.374. The number of rotatable bonds is 3. The molecule has 1 atom stereocenters. The van der Waals surface area contributed by atoms with Crippen LogP contribution in [0.3, 0.4) is 0 Å². The van der Waals surface area contributed by atoms with Gasteiger partial charge in [0.1, 0.15) is 4.90 Å². The van der Waals surface area contributed by atoms with E-state index in [1.165, 1.54) is 4.90 Å². The number of aromatic amines is 1. The molecule has 2 N–H and O–H groups in total. The fourth-order valence-corrected chi connectivity index (χ4v) is 3.76. The molecule has 1 aromatic rings. The summed E-state index contributed by atoms with van der Waals surface area (Å²) in [6.45, 7) is 3.68. The van der Waals surface area contributed by atoms with Crippen LogP contribution in [0.25, 0.3) is 0 Å². The van der Waals surface area contributed by atoms with Gasteiger partial charge in [-0.2, -0.15) is 5.10 Å². The van der Waals surface area contributed by atoms with Gasteiger partial charge in [0.15, 0.2) is 0 Å². The monoisotopic (exact) mass is 272 g/mol. The van der Waals surface area contributed by atoms with Crippen LogP contribution in [0.2, 0.25) is 0 Å². The van der Waals surface area contributed by atoms with Gasteiger partial charge in [-0.3, -0.25) is 9.89 Å². The Labute approximate surface area is 106 Å². The SMILES string of the molecule is Cc1n[nH]c(C)c1S(=O)(=O)NC1CC(=O)N(C)C1. The van der Waals surface area contributed by atoms with Gasteiger partial charge in [0.05, 0.1) is 11.4 Å². The van der Waals surface area contributed by atoms with E-state index in [1.807, 2.05) is 0 Å². The van der Waals surface area contributed by atoms with Crippen LogP contribution in [0.5, 0.6) is 0 Å². The molecule has 2 rings (SSSR count). The first-order valence-corrected chi connectivity index (χ1v) is 7.07. The molecule has 2 heterocycles. The van der Waals surface area contributed by atoms with Crippen molar-refractivity contribution >= 4 is 15.9 Å². The quantitative estimate of drug-likeness (QED) is 0.778. The lowest BCUT2D eigenvalue weighted by Gasteiger charge is -2.12. The minimum Gasteiger partial charge on any atom is -0.344 e. The lowest BCUT2D eigenvalue weighted by Crippen LogP contribution is -2.36. The fraction of sp³-hybridized carbons (Fsp3) is 0.600. The highest BCUT2D eigenvalue weighted by Gasteiger charge is 2.32. The Morgan fingerprint density at radius 1 is 1.44 bits per heavy atom. The van der Waals surface area contributed by atoms with E-state index in [-0.39, 0.29) is 23.3 Å². The van der Waals surface area contributed by atoms with Crippen molar-refractivity contribution in [3.05, 3.63) is 11.4 Å². The number of H-pyrrole nitrogens is 1. The Kier molecular flexibility index (Phi) is 3.16. The topological polar surface area (TPSA) is 95.2 Å². The third-order valence-electron chi connectivity index (χ3n) is 2.99. The lowest BCUT2D eigenvalue weighted by atomic mass is 10.3. The number of nitrogens with zero attached hydrogens (tertiary/aromatic N) is 2. The Morgan fingerprint density at radius 3 is 2.56 bits per heavy atom. The molecule has 18 heavy (non-hydrogen) atoms. The standard InChI is InChI=1S/C10H16N4O3S/c1-6-10(7(2)12-11-6)18(16,17)13-8-4-9(15)14(3)5-8/h8,13H,4-5H2,1-3H3,(H,11,12). The number of sulfonamides is 1. The number of nitrogens with one attached hydrogen (secondary N) is 2. The summed E-state index contributed by atoms with van der Waals surface area (Å²) in [5.74, 6) is -0.0525. The second kappa shape index (κ2) is 4.36. The maximum Gasteiger partial charge on any atom is 0.244 e. The van der Waals surface area contributed by atoms with E-state index in [0.29, 0.717) is 17.9 Å². The van der Waals surface area contributed by atoms with Crippen molar-refractivity contribution in [1.29, 1.82) is 0 Å². The fourth-order valence-electron chi connectivity index (χ4n) is 2.16. The molecule has 1 aromatic heterocycles. The van der Waals surface area contributed by atoms with Crippen LogP contribution in [-0.4, -0.2) is 49.1 Å². The summed E-state index contributed by atoms with van der Waals surface area (Å²) in [6.07, 6.45) is 0.200. The molecule has 1 aliphatic rings. The molecule has 0 aliphatic carbocycles. The van der Waals surface area contributed by atoms with Gasteiger partial charge in [-0.1, -0.05) is 0 Å². The number of hydrogen-bond donors (Lipinski definition) is 2. The van der Waals surface area contributed by atoms with Crippen LogP contribution >= 0.6 is 0 Å². The predicted molar refractivity (Wildman–Crippen MR) is 64.4 cm³/mol. The lowest BCUT2D eigenvalue weighted by molar-refractivity contribution is -0.126. The van der Waals surface area contributed by atoms with E-state index in [9.17, 15) is 13.2 Å². The van der Waals surface area contributed by atoms with E-state index in [4.69, 9.17) is 0 Å². The summed E-state index contributed by atoms with van der Waals surface area (Å²) in [5, 5.41) is 6.50. The molecule has 0 saturated carbocycles. The van der Waals surface area contributed by atoms with Crippen molar-refractivity contribution in [1.82, 2.24) is 19.8 Å². The molecule has 0 bridgehead atoms. The number of aromatic nitrogens is 2. The van der Waals surface area contributed by atoms with Gasteiger partial charge >= 0.3 is 0 Å². The molecule has 1 amide bonds. The van der Waals surface area contributed by atoms with Crippen molar-refractivity contribution in [2.75, 3.05) is 13.6 Å². The van der Waals surface area contributed by atoms with Gasteiger partial charge in [-0.15, -0.1) is 0 Å². The third kappa shape index (κ3) is 2.25. The van der Waals surface area contributed by atoms with Crippen LogP contribution in [-0.2, 0) is 14.8 Å². The predicted octanol–water partition coefficient (Wildman–Crippen LogP) is -0.464. The average Bonchev–Trinajstić information content (AvgIpc) is 2.71. The molecular formula is C10H16N4O3S. The van der Waals surface area contributed by atoms with Gasteiger partial charge < -0.3 is 4.90 Å². The van der Waals surface area contributed by atoms with E-state index in [1.54, 1.807) is 20.9 Å². The second-order valence-corrected chi connectivity index (χ2v) is 6.21. The van der Waals surface area contributed by atoms with Gasteiger partial charge in [0, 0.05) is 26.1 Å². The highest BCUT2D eigenvalue weighted by molar-refractivity contribution is 7.89. The highest BCUT2D eigenvalue weighted by atomic mass is 32.2. The maximum absolute atomic E-state index is 12.2. The first-order chi connectivity index (χ1) is 8.31. The van der Waals surface area contributed by atoms with E-state index < -0.39 is 10.0 Å². The molecule has 100 valence electrons. The smallest absolute Gasteiger partial charge is 0.244 e. The molecule has 1 saturated heterocycles. The van der Waals surface area contributed by atoms with Crippen LogP contribution in [0, 0.1) is 13.8 Å². The first-order valence-electron chi connectivity index (χ1n) is 5.59.